The largest absolute Gasteiger partial charge is 0.371 e. The summed E-state index contributed by atoms with van der Waals surface area (Å²) in [6.07, 6.45) is 2.46. The molecule has 0 aliphatic carbocycles. The van der Waals surface area contributed by atoms with Gasteiger partial charge in [0.1, 0.15) is 6.29 Å². The molecule has 1 saturated heterocycles. The smallest absolute Gasteiger partial charge is 0.227 e. The zero-order valence-corrected chi connectivity index (χ0v) is 15.9. The number of aldehydes is 1. The van der Waals surface area contributed by atoms with Gasteiger partial charge in [-0.2, -0.15) is 0 Å². The number of anilines is 2. The van der Waals surface area contributed by atoms with Gasteiger partial charge in [-0.15, -0.1) is 0 Å². The van der Waals surface area contributed by atoms with Crippen LogP contribution in [0.3, 0.4) is 0 Å². The maximum absolute atomic E-state index is 12.8. The number of para-hydroxylation sites is 1. The fraction of sp³-hybridized carbons (Fsp3) is 0.261. The molecule has 0 saturated carbocycles. The molecule has 4 rings (SSSR count). The van der Waals surface area contributed by atoms with Crippen LogP contribution < -0.4 is 10.2 Å². The summed E-state index contributed by atoms with van der Waals surface area (Å²) in [5.41, 5.74) is 4.32. The van der Waals surface area contributed by atoms with Crippen LogP contribution in [-0.4, -0.2) is 30.3 Å². The van der Waals surface area contributed by atoms with Gasteiger partial charge in [0.05, 0.1) is 11.2 Å². The number of amides is 1. The van der Waals surface area contributed by atoms with Gasteiger partial charge in [-0.3, -0.25) is 14.6 Å². The van der Waals surface area contributed by atoms with Crippen molar-refractivity contribution in [2.45, 2.75) is 19.8 Å². The van der Waals surface area contributed by atoms with Gasteiger partial charge < -0.3 is 10.2 Å². The third-order valence-corrected chi connectivity index (χ3v) is 5.38. The van der Waals surface area contributed by atoms with E-state index in [2.05, 4.69) is 15.2 Å². The second kappa shape index (κ2) is 7.80. The van der Waals surface area contributed by atoms with Crippen molar-refractivity contribution < 1.29 is 9.59 Å². The highest BCUT2D eigenvalue weighted by atomic mass is 16.1. The zero-order chi connectivity index (χ0) is 19.5. The van der Waals surface area contributed by atoms with Crippen LogP contribution in [0.1, 0.15) is 28.9 Å². The monoisotopic (exact) mass is 373 g/mol. The Morgan fingerprint density at radius 3 is 2.54 bits per heavy atom. The number of rotatable bonds is 4. The summed E-state index contributed by atoms with van der Waals surface area (Å²) < 4.78 is 0. The molecular formula is C23H23N3O2. The molecule has 1 amide bonds. The van der Waals surface area contributed by atoms with Crippen LogP contribution in [0.4, 0.5) is 11.4 Å². The number of carbonyl (C=O) groups is 2. The number of carbonyl (C=O) groups excluding carboxylic acids is 2. The second-order valence-electron chi connectivity index (χ2n) is 7.29. The lowest BCUT2D eigenvalue weighted by Crippen LogP contribution is -2.38. The average molecular weight is 373 g/mol. The maximum atomic E-state index is 12.8. The number of hydrogen-bond donors (Lipinski definition) is 1. The summed E-state index contributed by atoms with van der Waals surface area (Å²) in [5.74, 6) is 0.0531. The Kier molecular flexibility index (Phi) is 5.06. The lowest BCUT2D eigenvalue weighted by atomic mass is 9.95. The lowest BCUT2D eigenvalue weighted by molar-refractivity contribution is -0.120. The molecule has 3 aromatic rings. The van der Waals surface area contributed by atoms with E-state index < -0.39 is 0 Å². The Morgan fingerprint density at radius 2 is 1.82 bits per heavy atom. The van der Waals surface area contributed by atoms with Crippen molar-refractivity contribution in [1.29, 1.82) is 0 Å². The molecular weight excluding hydrogens is 350 g/mol. The van der Waals surface area contributed by atoms with Crippen molar-refractivity contribution in [3.63, 3.8) is 0 Å². The quantitative estimate of drug-likeness (QED) is 0.696. The van der Waals surface area contributed by atoms with Crippen LogP contribution in [0.2, 0.25) is 0 Å². The minimum absolute atomic E-state index is 0.00874. The Labute approximate surface area is 164 Å². The van der Waals surface area contributed by atoms with Crippen LogP contribution in [0.25, 0.3) is 10.9 Å². The van der Waals surface area contributed by atoms with Crippen LogP contribution in [0, 0.1) is 12.8 Å². The predicted molar refractivity (Wildman–Crippen MR) is 112 cm³/mol. The standard InChI is InChI=1S/C23H23N3O2/c1-16-5-8-18-3-2-4-21(22(18)24-16)25-23(28)19-11-13-26(14-12-19)20-9-6-17(15-27)7-10-20/h2-10,15,19H,11-14H2,1H3,(H,25,28). The highest BCUT2D eigenvalue weighted by molar-refractivity contribution is 6.01. The van der Waals surface area contributed by atoms with Gasteiger partial charge in [0.25, 0.3) is 0 Å². The van der Waals surface area contributed by atoms with E-state index in [1.165, 1.54) is 0 Å². The molecule has 2 heterocycles. The Hall–Kier alpha value is -3.21. The SMILES string of the molecule is Cc1ccc2cccc(NC(=O)C3CCN(c4ccc(C=O)cc4)CC3)c2n1. The summed E-state index contributed by atoms with van der Waals surface area (Å²) in [5, 5.41) is 4.12. The maximum Gasteiger partial charge on any atom is 0.227 e. The molecule has 5 heteroatoms. The van der Waals surface area contributed by atoms with Crippen LogP contribution in [0.5, 0.6) is 0 Å². The number of hydrogen-bond acceptors (Lipinski definition) is 4. The average Bonchev–Trinajstić information content (AvgIpc) is 2.74. The van der Waals surface area contributed by atoms with Crippen LogP contribution in [0.15, 0.2) is 54.6 Å². The second-order valence-corrected chi connectivity index (χ2v) is 7.29. The van der Waals surface area contributed by atoms with Gasteiger partial charge in [-0.1, -0.05) is 18.2 Å². The van der Waals surface area contributed by atoms with Crippen molar-refractivity contribution in [2.75, 3.05) is 23.3 Å². The summed E-state index contributed by atoms with van der Waals surface area (Å²) in [6.45, 7) is 3.60. The van der Waals surface area contributed by atoms with Crippen molar-refractivity contribution >= 4 is 34.5 Å². The lowest BCUT2D eigenvalue weighted by Gasteiger charge is -2.33. The van der Waals surface area contributed by atoms with Gasteiger partial charge in [-0.05, 0) is 56.2 Å². The number of nitrogens with one attached hydrogen (secondary N) is 1. The molecule has 0 radical (unpaired) electrons. The fourth-order valence-corrected chi connectivity index (χ4v) is 3.74. The van der Waals surface area contributed by atoms with Crippen molar-refractivity contribution in [2.24, 2.45) is 5.92 Å². The molecule has 1 N–H and O–H groups in total. The van der Waals surface area contributed by atoms with E-state index in [0.29, 0.717) is 5.56 Å². The van der Waals surface area contributed by atoms with Gasteiger partial charge >= 0.3 is 0 Å². The highest BCUT2D eigenvalue weighted by Crippen LogP contribution is 2.26. The first kappa shape index (κ1) is 18.2. The first-order valence-electron chi connectivity index (χ1n) is 9.61. The number of nitrogens with zero attached hydrogens (tertiary/aromatic N) is 2. The summed E-state index contributed by atoms with van der Waals surface area (Å²) in [4.78, 5) is 30.5. The van der Waals surface area contributed by atoms with E-state index in [-0.39, 0.29) is 11.8 Å². The van der Waals surface area contributed by atoms with E-state index in [0.717, 1.165) is 60.2 Å². The van der Waals surface area contributed by atoms with Crippen molar-refractivity contribution in [1.82, 2.24) is 4.98 Å². The Bertz CT molecular complexity index is 1010. The Balaban J connectivity index is 1.42. The minimum atomic E-state index is -0.00874. The number of aryl methyl sites for hydroxylation is 1. The molecule has 1 aliphatic heterocycles. The van der Waals surface area contributed by atoms with E-state index in [9.17, 15) is 9.59 Å². The molecule has 1 fully saturated rings. The number of piperidine rings is 1. The van der Waals surface area contributed by atoms with Gasteiger partial charge in [0, 0.05) is 41.3 Å². The van der Waals surface area contributed by atoms with E-state index in [1.807, 2.05) is 61.5 Å². The fourth-order valence-electron chi connectivity index (χ4n) is 3.74. The molecule has 28 heavy (non-hydrogen) atoms. The summed E-state index contributed by atoms with van der Waals surface area (Å²) in [7, 11) is 0. The van der Waals surface area contributed by atoms with Gasteiger partial charge in [0.2, 0.25) is 5.91 Å². The van der Waals surface area contributed by atoms with Crippen molar-refractivity contribution in [3.05, 3.63) is 65.9 Å². The van der Waals surface area contributed by atoms with Gasteiger partial charge in [0.15, 0.2) is 0 Å². The van der Waals surface area contributed by atoms with E-state index in [4.69, 9.17) is 0 Å². The summed E-state index contributed by atoms with van der Waals surface area (Å²) >= 11 is 0. The number of aromatic nitrogens is 1. The third kappa shape index (κ3) is 3.74. The molecule has 1 aromatic heterocycles. The third-order valence-electron chi connectivity index (χ3n) is 5.38. The molecule has 0 spiro atoms. The van der Waals surface area contributed by atoms with E-state index in [1.54, 1.807) is 0 Å². The van der Waals surface area contributed by atoms with Crippen LogP contribution in [-0.2, 0) is 4.79 Å². The Morgan fingerprint density at radius 1 is 1.07 bits per heavy atom. The molecule has 0 bridgehead atoms. The molecule has 0 atom stereocenters. The zero-order valence-electron chi connectivity index (χ0n) is 15.9. The predicted octanol–water partition coefficient (Wildman–Crippen LogP) is 4.21. The molecule has 5 nitrogen and oxygen atoms in total. The normalized spacial score (nSPS) is 14.8. The summed E-state index contributed by atoms with van der Waals surface area (Å²) in [6, 6.07) is 17.5. The van der Waals surface area contributed by atoms with Crippen LogP contribution >= 0.6 is 0 Å². The van der Waals surface area contributed by atoms with Crippen molar-refractivity contribution in [3.8, 4) is 0 Å². The number of benzene rings is 2. The number of pyridine rings is 1. The molecule has 0 unspecified atom stereocenters. The minimum Gasteiger partial charge on any atom is -0.371 e. The molecule has 1 aliphatic rings. The topological polar surface area (TPSA) is 62.3 Å². The first-order valence-corrected chi connectivity index (χ1v) is 9.61. The van der Waals surface area contributed by atoms with Gasteiger partial charge in [-0.25, -0.2) is 0 Å². The number of fused-ring (bicyclic) bond motifs is 1. The highest BCUT2D eigenvalue weighted by Gasteiger charge is 2.25. The molecule has 2 aromatic carbocycles. The van der Waals surface area contributed by atoms with E-state index >= 15 is 0 Å². The first-order chi connectivity index (χ1) is 13.6. The molecule has 142 valence electrons.